The first-order chi connectivity index (χ1) is 11.2. The van der Waals surface area contributed by atoms with Crippen LogP contribution >= 0.6 is 0 Å². The molecule has 1 aromatic rings. The zero-order valence-electron chi connectivity index (χ0n) is 16.1. The highest BCUT2D eigenvalue weighted by molar-refractivity contribution is 5.59. The van der Waals surface area contributed by atoms with E-state index in [4.69, 9.17) is 0 Å². The van der Waals surface area contributed by atoms with Crippen LogP contribution in [0.1, 0.15) is 95.8 Å². The molecule has 2 N–H and O–H groups in total. The van der Waals surface area contributed by atoms with Gasteiger partial charge >= 0.3 is 0 Å². The van der Waals surface area contributed by atoms with Gasteiger partial charge in [0, 0.05) is 16.5 Å². The number of rotatable bonds is 3. The molecule has 2 nitrogen and oxygen atoms in total. The number of aromatic hydroxyl groups is 2. The third-order valence-corrected chi connectivity index (χ3v) is 6.96. The van der Waals surface area contributed by atoms with Gasteiger partial charge in [-0.2, -0.15) is 0 Å². The molecule has 134 valence electrons. The summed E-state index contributed by atoms with van der Waals surface area (Å²) in [5.41, 5.74) is 3.63. The fourth-order valence-corrected chi connectivity index (χ4v) is 6.02. The van der Waals surface area contributed by atoms with Crippen LogP contribution in [-0.2, 0) is 11.8 Å². The van der Waals surface area contributed by atoms with Crippen molar-refractivity contribution in [3.05, 3.63) is 22.8 Å². The largest absolute Gasteiger partial charge is 0.504 e. The number of hydrogen-bond acceptors (Lipinski definition) is 2. The summed E-state index contributed by atoms with van der Waals surface area (Å²) in [4.78, 5) is 0. The number of phenols is 2. The third-order valence-electron chi connectivity index (χ3n) is 6.96. The second-order valence-electron chi connectivity index (χ2n) is 9.19. The third kappa shape index (κ3) is 2.45. The number of phenolic OH excluding ortho intramolecular Hbond substituents is 2. The summed E-state index contributed by atoms with van der Waals surface area (Å²) in [7, 11) is 0. The number of aryl methyl sites for hydroxylation is 1. The standard InChI is InChI=1S/C22H34O2/c1-6-10-22-12-7-11-21(4,5)17(22)9-8-15-13-16(14(2)3)19(23)20(24)18(15)22/h13-14,17,23-24H,6-12H2,1-5H3/t17-,22-/m0/s1. The monoisotopic (exact) mass is 330 g/mol. The fraction of sp³-hybridized carbons (Fsp3) is 0.727. The Kier molecular flexibility index (Phi) is 4.38. The second kappa shape index (κ2) is 5.97. The predicted octanol–water partition coefficient (Wildman–Crippen LogP) is 6.03. The molecule has 24 heavy (non-hydrogen) atoms. The Morgan fingerprint density at radius 3 is 2.50 bits per heavy atom. The van der Waals surface area contributed by atoms with Crippen molar-refractivity contribution >= 4 is 0 Å². The molecule has 2 heteroatoms. The summed E-state index contributed by atoms with van der Waals surface area (Å²) in [6.45, 7) is 11.2. The van der Waals surface area contributed by atoms with Gasteiger partial charge in [0.25, 0.3) is 0 Å². The SMILES string of the molecule is CCC[C@]12CCCC(C)(C)[C@@H]1CCc1cc(C(C)C)c(O)c(O)c12. The zero-order chi connectivity index (χ0) is 17.7. The topological polar surface area (TPSA) is 40.5 Å². The molecule has 0 saturated heterocycles. The van der Waals surface area contributed by atoms with Crippen LogP contribution in [0, 0.1) is 11.3 Å². The maximum absolute atomic E-state index is 11.0. The molecule has 0 aliphatic heterocycles. The minimum Gasteiger partial charge on any atom is -0.504 e. The van der Waals surface area contributed by atoms with E-state index in [1.807, 2.05) is 0 Å². The van der Waals surface area contributed by atoms with Gasteiger partial charge in [-0.15, -0.1) is 0 Å². The van der Waals surface area contributed by atoms with Crippen LogP contribution in [0.4, 0.5) is 0 Å². The fourth-order valence-electron chi connectivity index (χ4n) is 6.02. The molecular formula is C22H34O2. The first-order valence-electron chi connectivity index (χ1n) is 9.82. The molecule has 1 saturated carbocycles. The molecule has 0 spiro atoms. The summed E-state index contributed by atoms with van der Waals surface area (Å²) in [6.07, 6.45) is 8.12. The maximum Gasteiger partial charge on any atom is 0.161 e. The minimum absolute atomic E-state index is 0.0428. The van der Waals surface area contributed by atoms with E-state index in [0.29, 0.717) is 11.3 Å². The van der Waals surface area contributed by atoms with Gasteiger partial charge in [0.15, 0.2) is 11.5 Å². The van der Waals surface area contributed by atoms with Crippen molar-refractivity contribution in [2.75, 3.05) is 0 Å². The van der Waals surface area contributed by atoms with Crippen LogP contribution in [0.3, 0.4) is 0 Å². The Bertz CT molecular complexity index is 625. The van der Waals surface area contributed by atoms with Gasteiger partial charge in [0.2, 0.25) is 0 Å². The van der Waals surface area contributed by atoms with Crippen molar-refractivity contribution in [1.82, 2.24) is 0 Å². The summed E-state index contributed by atoms with van der Waals surface area (Å²) in [5.74, 6) is 1.14. The average Bonchev–Trinajstić information content (AvgIpc) is 2.49. The molecule has 1 fully saturated rings. The quantitative estimate of drug-likeness (QED) is 0.664. The highest BCUT2D eigenvalue weighted by Gasteiger charge is 2.53. The molecule has 3 rings (SSSR count). The molecule has 2 aliphatic rings. The molecule has 0 heterocycles. The van der Waals surface area contributed by atoms with E-state index in [9.17, 15) is 10.2 Å². The van der Waals surface area contributed by atoms with Crippen LogP contribution in [0.15, 0.2) is 6.07 Å². The lowest BCUT2D eigenvalue weighted by molar-refractivity contribution is 0.0222. The van der Waals surface area contributed by atoms with Gasteiger partial charge in [-0.1, -0.05) is 53.5 Å². The van der Waals surface area contributed by atoms with Crippen LogP contribution in [-0.4, -0.2) is 10.2 Å². The first kappa shape index (κ1) is 17.6. The van der Waals surface area contributed by atoms with E-state index in [1.165, 1.54) is 24.8 Å². The summed E-state index contributed by atoms with van der Waals surface area (Å²) < 4.78 is 0. The Labute approximate surface area is 147 Å². The number of benzene rings is 1. The molecular weight excluding hydrogens is 296 g/mol. The lowest BCUT2D eigenvalue weighted by Crippen LogP contribution is -2.49. The van der Waals surface area contributed by atoms with E-state index in [-0.39, 0.29) is 22.8 Å². The summed E-state index contributed by atoms with van der Waals surface area (Å²) in [6, 6.07) is 2.18. The van der Waals surface area contributed by atoms with Gasteiger partial charge in [-0.3, -0.25) is 0 Å². The van der Waals surface area contributed by atoms with Gasteiger partial charge in [-0.05, 0) is 54.9 Å². The number of hydrogen-bond donors (Lipinski definition) is 2. The molecule has 0 bridgehead atoms. The lowest BCUT2D eigenvalue weighted by atomic mass is 9.48. The maximum atomic E-state index is 11.0. The molecule has 0 unspecified atom stereocenters. The molecule has 0 aromatic heterocycles. The Hall–Kier alpha value is -1.18. The van der Waals surface area contributed by atoms with E-state index >= 15 is 0 Å². The van der Waals surface area contributed by atoms with E-state index in [2.05, 4.69) is 40.7 Å². The molecule has 2 aliphatic carbocycles. The van der Waals surface area contributed by atoms with Crippen molar-refractivity contribution < 1.29 is 10.2 Å². The van der Waals surface area contributed by atoms with Crippen molar-refractivity contribution in [2.24, 2.45) is 11.3 Å². The van der Waals surface area contributed by atoms with Crippen molar-refractivity contribution in [3.8, 4) is 11.5 Å². The van der Waals surface area contributed by atoms with E-state index in [1.54, 1.807) is 0 Å². The molecule has 1 aromatic carbocycles. The second-order valence-corrected chi connectivity index (χ2v) is 9.19. The van der Waals surface area contributed by atoms with E-state index < -0.39 is 0 Å². The van der Waals surface area contributed by atoms with Gasteiger partial charge < -0.3 is 10.2 Å². The predicted molar refractivity (Wildman–Crippen MR) is 99.9 cm³/mol. The van der Waals surface area contributed by atoms with E-state index in [0.717, 1.165) is 36.8 Å². The lowest BCUT2D eigenvalue weighted by Gasteiger charge is -2.56. The summed E-state index contributed by atoms with van der Waals surface area (Å²) in [5, 5.41) is 21.7. The van der Waals surface area contributed by atoms with Gasteiger partial charge in [-0.25, -0.2) is 0 Å². The van der Waals surface area contributed by atoms with Crippen molar-refractivity contribution in [3.63, 3.8) is 0 Å². The Balaban J connectivity index is 2.24. The van der Waals surface area contributed by atoms with Gasteiger partial charge in [0.1, 0.15) is 0 Å². The van der Waals surface area contributed by atoms with Gasteiger partial charge in [0.05, 0.1) is 0 Å². The van der Waals surface area contributed by atoms with Crippen LogP contribution in [0.25, 0.3) is 0 Å². The first-order valence-corrected chi connectivity index (χ1v) is 9.82. The summed E-state index contributed by atoms with van der Waals surface area (Å²) >= 11 is 0. The smallest absolute Gasteiger partial charge is 0.161 e. The molecule has 0 amide bonds. The Morgan fingerprint density at radius 2 is 1.88 bits per heavy atom. The zero-order valence-corrected chi connectivity index (χ0v) is 16.1. The Morgan fingerprint density at radius 1 is 1.17 bits per heavy atom. The van der Waals surface area contributed by atoms with Crippen LogP contribution in [0.2, 0.25) is 0 Å². The van der Waals surface area contributed by atoms with Crippen molar-refractivity contribution in [1.29, 1.82) is 0 Å². The molecule has 2 atom stereocenters. The van der Waals surface area contributed by atoms with Crippen LogP contribution < -0.4 is 0 Å². The highest BCUT2D eigenvalue weighted by atomic mass is 16.3. The average molecular weight is 331 g/mol. The van der Waals surface area contributed by atoms with Crippen LogP contribution in [0.5, 0.6) is 11.5 Å². The van der Waals surface area contributed by atoms with Crippen molar-refractivity contribution in [2.45, 2.75) is 90.9 Å². The minimum atomic E-state index is 0.0428. The normalized spacial score (nSPS) is 28.5. The highest BCUT2D eigenvalue weighted by Crippen LogP contribution is 2.62. The molecule has 0 radical (unpaired) electrons. The number of fused-ring (bicyclic) bond motifs is 3.